The van der Waals surface area contributed by atoms with Crippen LogP contribution >= 0.6 is 23.5 Å². The van der Waals surface area contributed by atoms with Crippen molar-refractivity contribution in [2.24, 2.45) is 0 Å². The number of anilines is 2. The van der Waals surface area contributed by atoms with Crippen molar-refractivity contribution in [3.05, 3.63) is 71.8 Å². The van der Waals surface area contributed by atoms with Gasteiger partial charge in [-0.1, -0.05) is 54.7 Å². The van der Waals surface area contributed by atoms with Crippen LogP contribution in [0.25, 0.3) is 0 Å². The van der Waals surface area contributed by atoms with Crippen LogP contribution in [0.4, 0.5) is 11.4 Å². The lowest BCUT2D eigenvalue weighted by molar-refractivity contribution is 1.07. The van der Waals surface area contributed by atoms with E-state index in [4.69, 9.17) is 0 Å². The van der Waals surface area contributed by atoms with E-state index in [9.17, 15) is 0 Å². The van der Waals surface area contributed by atoms with Gasteiger partial charge < -0.3 is 4.90 Å². The number of nitrogens with zero attached hydrogens (tertiary/aromatic N) is 1. The van der Waals surface area contributed by atoms with Crippen LogP contribution in [0.15, 0.2) is 80.2 Å². The molecule has 0 N–H and O–H groups in total. The molecule has 126 valence electrons. The third-order valence-electron chi connectivity index (χ3n) is 4.68. The Morgan fingerprint density at radius 3 is 2.04 bits per heavy atom. The number of rotatable bonds is 1. The molecule has 1 nitrogen and oxygen atoms in total. The highest BCUT2D eigenvalue weighted by molar-refractivity contribution is 8.02. The Morgan fingerprint density at radius 2 is 1.36 bits per heavy atom. The minimum atomic E-state index is 1.07. The fraction of sp³-hybridized carbons (Fsp3) is 0.182. The van der Waals surface area contributed by atoms with Crippen LogP contribution in [0.2, 0.25) is 0 Å². The lowest BCUT2D eigenvalue weighted by atomic mass is 10.1. The van der Waals surface area contributed by atoms with E-state index in [2.05, 4.69) is 86.5 Å². The smallest absolute Gasteiger partial charge is 0.0553 e. The van der Waals surface area contributed by atoms with Crippen LogP contribution < -0.4 is 4.90 Å². The fourth-order valence-corrected chi connectivity index (χ4v) is 5.56. The van der Waals surface area contributed by atoms with E-state index in [1.807, 2.05) is 23.5 Å². The molecule has 25 heavy (non-hydrogen) atoms. The van der Waals surface area contributed by atoms with Gasteiger partial charge in [-0.2, -0.15) is 0 Å². The Hall–Kier alpha value is -1.84. The molecule has 3 aromatic rings. The van der Waals surface area contributed by atoms with Crippen molar-refractivity contribution in [2.75, 3.05) is 11.9 Å². The van der Waals surface area contributed by atoms with Gasteiger partial charge >= 0.3 is 0 Å². The molecule has 1 aliphatic rings. The van der Waals surface area contributed by atoms with Crippen molar-refractivity contribution in [3.63, 3.8) is 0 Å². The predicted octanol–water partition coefficient (Wildman–Crippen LogP) is 6.94. The Bertz CT molecular complexity index is 933. The Kier molecular flexibility index (Phi) is 4.53. The van der Waals surface area contributed by atoms with Crippen LogP contribution in [-0.4, -0.2) is 7.05 Å². The molecule has 0 bridgehead atoms. The summed E-state index contributed by atoms with van der Waals surface area (Å²) in [6.07, 6.45) is 1.07. The molecule has 0 aliphatic carbocycles. The molecule has 0 amide bonds. The average molecular weight is 364 g/mol. The van der Waals surface area contributed by atoms with E-state index in [0.717, 1.165) is 6.42 Å². The summed E-state index contributed by atoms with van der Waals surface area (Å²) in [5, 5.41) is 0. The highest BCUT2D eigenvalue weighted by Gasteiger charge is 2.20. The molecular weight excluding hydrogens is 342 g/mol. The third kappa shape index (κ3) is 3.07. The fourth-order valence-electron chi connectivity index (χ4n) is 3.25. The van der Waals surface area contributed by atoms with Crippen molar-refractivity contribution in [1.82, 2.24) is 0 Å². The van der Waals surface area contributed by atoms with E-state index in [1.165, 1.54) is 42.1 Å². The zero-order valence-electron chi connectivity index (χ0n) is 14.7. The Morgan fingerprint density at radius 1 is 0.760 bits per heavy atom. The number of hydrogen-bond donors (Lipinski definition) is 0. The largest absolute Gasteiger partial charge is 0.343 e. The van der Waals surface area contributed by atoms with Gasteiger partial charge in [0, 0.05) is 26.6 Å². The minimum absolute atomic E-state index is 1.07. The third-order valence-corrected chi connectivity index (χ3v) is 7.07. The quantitative estimate of drug-likeness (QED) is 0.461. The molecule has 3 heteroatoms. The Labute approximate surface area is 158 Å². The van der Waals surface area contributed by atoms with Gasteiger partial charge in [-0.05, 0) is 60.9 Å². The molecule has 0 spiro atoms. The molecule has 4 rings (SSSR count). The topological polar surface area (TPSA) is 3.24 Å². The predicted molar refractivity (Wildman–Crippen MR) is 110 cm³/mol. The Balaban J connectivity index is 1.99. The molecular formula is C22H21NS2. The summed E-state index contributed by atoms with van der Waals surface area (Å²) < 4.78 is 0. The highest BCUT2D eigenvalue weighted by atomic mass is 32.2. The summed E-state index contributed by atoms with van der Waals surface area (Å²) in [7, 11) is 2.18. The molecule has 0 saturated carbocycles. The van der Waals surface area contributed by atoms with Crippen LogP contribution in [0.3, 0.4) is 0 Å². The van der Waals surface area contributed by atoms with Gasteiger partial charge in [0.1, 0.15) is 0 Å². The van der Waals surface area contributed by atoms with Gasteiger partial charge in [-0.25, -0.2) is 0 Å². The number of fused-ring (bicyclic) bond motifs is 3. The van der Waals surface area contributed by atoms with Gasteiger partial charge in [0.25, 0.3) is 0 Å². The maximum Gasteiger partial charge on any atom is 0.0553 e. The summed E-state index contributed by atoms with van der Waals surface area (Å²) in [5.74, 6) is 0. The summed E-state index contributed by atoms with van der Waals surface area (Å²) in [5.41, 5.74) is 5.34. The molecule has 1 aliphatic heterocycles. The maximum absolute atomic E-state index is 2.38. The van der Waals surface area contributed by atoms with Crippen LogP contribution in [0.1, 0.15) is 18.1 Å². The second-order valence-corrected chi connectivity index (χ2v) is 8.45. The average Bonchev–Trinajstić information content (AvgIpc) is 2.68. The standard InChI is InChI=1S/C22H21NS2/c1-4-16-14-22-18(13-15(16)2)23(3)17-9-5-6-10-19(17)24-20-11-7-8-12-21(20)25-22/h5-14H,4H2,1-3H3. The highest BCUT2D eigenvalue weighted by Crippen LogP contribution is 2.48. The SMILES string of the molecule is CCc1cc2c(cc1C)N(C)c1ccccc1Sc1ccccc1S2. The molecule has 0 radical (unpaired) electrons. The summed E-state index contributed by atoms with van der Waals surface area (Å²) in [4.78, 5) is 7.60. The number of hydrogen-bond acceptors (Lipinski definition) is 3. The normalized spacial score (nSPS) is 13.2. The maximum atomic E-state index is 2.38. The molecule has 0 fully saturated rings. The number of aryl methyl sites for hydroxylation is 2. The van der Waals surface area contributed by atoms with Gasteiger partial charge in [-0.3, -0.25) is 0 Å². The van der Waals surface area contributed by atoms with E-state index < -0.39 is 0 Å². The lowest BCUT2D eigenvalue weighted by Gasteiger charge is -2.25. The van der Waals surface area contributed by atoms with E-state index in [-0.39, 0.29) is 0 Å². The van der Waals surface area contributed by atoms with Crippen molar-refractivity contribution >= 4 is 34.9 Å². The first-order valence-electron chi connectivity index (χ1n) is 8.58. The zero-order valence-corrected chi connectivity index (χ0v) is 16.4. The van der Waals surface area contributed by atoms with Crippen molar-refractivity contribution < 1.29 is 0 Å². The van der Waals surface area contributed by atoms with E-state index in [1.54, 1.807) is 0 Å². The van der Waals surface area contributed by atoms with Crippen LogP contribution in [0, 0.1) is 6.92 Å². The van der Waals surface area contributed by atoms with Gasteiger partial charge in [0.05, 0.1) is 11.4 Å². The lowest BCUT2D eigenvalue weighted by Crippen LogP contribution is -2.12. The molecule has 3 aromatic carbocycles. The second kappa shape index (κ2) is 6.81. The van der Waals surface area contributed by atoms with Crippen molar-refractivity contribution in [2.45, 2.75) is 39.9 Å². The van der Waals surface area contributed by atoms with E-state index in [0.29, 0.717) is 0 Å². The molecule has 0 unspecified atom stereocenters. The van der Waals surface area contributed by atoms with Crippen molar-refractivity contribution in [3.8, 4) is 0 Å². The molecule has 1 heterocycles. The monoisotopic (exact) mass is 363 g/mol. The summed E-state index contributed by atoms with van der Waals surface area (Å²) in [6.45, 7) is 4.45. The number of para-hydroxylation sites is 1. The summed E-state index contributed by atoms with van der Waals surface area (Å²) >= 11 is 3.74. The van der Waals surface area contributed by atoms with Crippen LogP contribution in [-0.2, 0) is 6.42 Å². The first-order valence-corrected chi connectivity index (χ1v) is 10.2. The number of benzene rings is 3. The zero-order chi connectivity index (χ0) is 17.4. The molecule has 0 aromatic heterocycles. The van der Waals surface area contributed by atoms with Crippen LogP contribution in [0.5, 0.6) is 0 Å². The molecule has 0 atom stereocenters. The van der Waals surface area contributed by atoms with Gasteiger partial charge in [0.15, 0.2) is 0 Å². The van der Waals surface area contributed by atoms with Gasteiger partial charge in [0.2, 0.25) is 0 Å². The first-order chi connectivity index (χ1) is 12.2. The second-order valence-electron chi connectivity index (χ2n) is 6.28. The molecule has 0 saturated heterocycles. The summed E-state index contributed by atoms with van der Waals surface area (Å²) in [6, 6.07) is 22.1. The van der Waals surface area contributed by atoms with Crippen molar-refractivity contribution in [1.29, 1.82) is 0 Å². The first kappa shape index (κ1) is 16.6. The van der Waals surface area contributed by atoms with E-state index >= 15 is 0 Å². The van der Waals surface area contributed by atoms with Gasteiger partial charge in [-0.15, -0.1) is 0 Å². The minimum Gasteiger partial charge on any atom is -0.343 e.